The minimum Gasteiger partial charge on any atom is -0.338 e. The number of aryl methyl sites for hydroxylation is 1. The van der Waals surface area contributed by atoms with Crippen molar-refractivity contribution in [3.63, 3.8) is 0 Å². The summed E-state index contributed by atoms with van der Waals surface area (Å²) in [5, 5.41) is 13.1. The number of hydrogen-bond acceptors (Lipinski definition) is 4. The van der Waals surface area contributed by atoms with Crippen LogP contribution in [0, 0.1) is 15.9 Å². The van der Waals surface area contributed by atoms with Crippen LogP contribution in [0.5, 0.6) is 0 Å². The van der Waals surface area contributed by atoms with E-state index in [-0.39, 0.29) is 17.8 Å². The summed E-state index contributed by atoms with van der Waals surface area (Å²) in [6.07, 6.45) is 3.15. The van der Waals surface area contributed by atoms with Crippen molar-refractivity contribution in [3.05, 3.63) is 52.3 Å². The largest absolute Gasteiger partial charge is 0.338 e. The average Bonchev–Trinajstić information content (AvgIpc) is 2.74. The zero-order valence-corrected chi connectivity index (χ0v) is 10.5. The number of halogens is 1. The molecule has 0 aliphatic carbocycles. The number of hydrogen-bond donors (Lipinski definition) is 1. The van der Waals surface area contributed by atoms with Gasteiger partial charge in [-0.1, -0.05) is 0 Å². The first-order valence-electron chi connectivity index (χ1n) is 5.67. The maximum Gasteiger partial charge on any atom is 0.292 e. The molecule has 0 radical (unpaired) electrons. The van der Waals surface area contributed by atoms with Gasteiger partial charge in [0, 0.05) is 31.6 Å². The van der Waals surface area contributed by atoms with Crippen molar-refractivity contribution < 1.29 is 14.1 Å². The quantitative estimate of drug-likeness (QED) is 0.680. The molecule has 2 aromatic rings. The van der Waals surface area contributed by atoms with Gasteiger partial charge in [-0.15, -0.1) is 0 Å². The van der Waals surface area contributed by atoms with Crippen LogP contribution < -0.4 is 5.32 Å². The molecule has 0 aliphatic rings. The number of nitro groups is 1. The molecule has 8 heteroatoms. The van der Waals surface area contributed by atoms with Gasteiger partial charge in [0.25, 0.3) is 5.69 Å². The van der Waals surface area contributed by atoms with Crippen molar-refractivity contribution in [2.24, 2.45) is 7.05 Å². The van der Waals surface area contributed by atoms with E-state index < -0.39 is 16.6 Å². The van der Waals surface area contributed by atoms with Gasteiger partial charge in [0.1, 0.15) is 17.3 Å². The van der Waals surface area contributed by atoms with Crippen LogP contribution in [-0.2, 0) is 18.3 Å². The highest BCUT2D eigenvalue weighted by Gasteiger charge is 2.17. The van der Waals surface area contributed by atoms with Crippen LogP contribution >= 0.6 is 0 Å². The Balaban J connectivity index is 2.17. The second-order valence-corrected chi connectivity index (χ2v) is 4.10. The fraction of sp³-hybridized carbons (Fsp3) is 0.167. The first kappa shape index (κ1) is 13.7. The summed E-state index contributed by atoms with van der Waals surface area (Å²) >= 11 is 0. The third kappa shape index (κ3) is 2.97. The Hall–Kier alpha value is -2.77. The van der Waals surface area contributed by atoms with E-state index in [0.29, 0.717) is 5.82 Å². The normalized spacial score (nSPS) is 10.3. The minimum absolute atomic E-state index is 0.0584. The van der Waals surface area contributed by atoms with Gasteiger partial charge >= 0.3 is 0 Å². The van der Waals surface area contributed by atoms with E-state index in [1.165, 1.54) is 6.20 Å². The molecule has 0 fully saturated rings. The van der Waals surface area contributed by atoms with Crippen LogP contribution in [0.4, 0.5) is 15.8 Å². The van der Waals surface area contributed by atoms with E-state index in [1.807, 2.05) is 0 Å². The maximum atomic E-state index is 13.1. The molecule has 1 aromatic heterocycles. The number of anilines is 1. The summed E-state index contributed by atoms with van der Waals surface area (Å²) in [7, 11) is 1.72. The van der Waals surface area contributed by atoms with Gasteiger partial charge in [-0.2, -0.15) is 0 Å². The van der Waals surface area contributed by atoms with Gasteiger partial charge < -0.3 is 9.88 Å². The number of benzene rings is 1. The van der Waals surface area contributed by atoms with E-state index in [4.69, 9.17) is 0 Å². The van der Waals surface area contributed by atoms with E-state index in [2.05, 4.69) is 10.3 Å². The van der Waals surface area contributed by atoms with Crippen LogP contribution in [0.2, 0.25) is 0 Å². The van der Waals surface area contributed by atoms with Crippen LogP contribution in [0.1, 0.15) is 5.82 Å². The third-order valence-electron chi connectivity index (χ3n) is 2.67. The molecule has 104 valence electrons. The van der Waals surface area contributed by atoms with Crippen LogP contribution in [0.15, 0.2) is 30.6 Å². The lowest BCUT2D eigenvalue weighted by Crippen LogP contribution is -2.17. The predicted molar refractivity (Wildman–Crippen MR) is 68.6 cm³/mol. The standard InChI is InChI=1S/C12H11FN4O3/c1-16-5-4-14-11(16)7-12(18)15-9-6-8(13)2-3-10(9)17(19)20/h2-6H,7H2,1H3,(H,15,18). The summed E-state index contributed by atoms with van der Waals surface area (Å²) in [5.74, 6) is -0.669. The lowest BCUT2D eigenvalue weighted by atomic mass is 10.2. The number of imidazole rings is 1. The molecule has 0 bridgehead atoms. The van der Waals surface area contributed by atoms with Crippen LogP contribution in [0.3, 0.4) is 0 Å². The molecular formula is C12H11FN4O3. The van der Waals surface area contributed by atoms with E-state index in [9.17, 15) is 19.3 Å². The van der Waals surface area contributed by atoms with E-state index in [0.717, 1.165) is 18.2 Å². The number of nitrogens with zero attached hydrogens (tertiary/aromatic N) is 3. The molecule has 2 rings (SSSR count). The summed E-state index contributed by atoms with van der Waals surface area (Å²) in [6.45, 7) is 0. The Kier molecular flexibility index (Phi) is 3.74. The molecule has 0 saturated carbocycles. The molecule has 0 aliphatic heterocycles. The lowest BCUT2D eigenvalue weighted by molar-refractivity contribution is -0.384. The second kappa shape index (κ2) is 5.47. The van der Waals surface area contributed by atoms with Gasteiger partial charge in [-0.25, -0.2) is 9.37 Å². The Morgan fingerprint density at radius 1 is 1.55 bits per heavy atom. The second-order valence-electron chi connectivity index (χ2n) is 4.10. The Morgan fingerprint density at radius 3 is 2.90 bits per heavy atom. The van der Waals surface area contributed by atoms with Crippen molar-refractivity contribution in [1.29, 1.82) is 0 Å². The monoisotopic (exact) mass is 278 g/mol. The fourth-order valence-corrected chi connectivity index (χ4v) is 1.67. The average molecular weight is 278 g/mol. The van der Waals surface area contributed by atoms with Crippen molar-refractivity contribution in [1.82, 2.24) is 9.55 Å². The van der Waals surface area contributed by atoms with Gasteiger partial charge in [0.2, 0.25) is 5.91 Å². The molecule has 1 N–H and O–H groups in total. The maximum absolute atomic E-state index is 13.1. The first-order chi connectivity index (χ1) is 9.47. The number of carbonyl (C=O) groups is 1. The van der Waals surface area contributed by atoms with Gasteiger partial charge in [-0.05, 0) is 6.07 Å². The van der Waals surface area contributed by atoms with E-state index >= 15 is 0 Å². The number of carbonyl (C=O) groups excluding carboxylic acids is 1. The topological polar surface area (TPSA) is 90.1 Å². The first-order valence-corrected chi connectivity index (χ1v) is 5.67. The number of amides is 1. The number of rotatable bonds is 4. The smallest absolute Gasteiger partial charge is 0.292 e. The molecule has 20 heavy (non-hydrogen) atoms. The molecule has 1 aromatic carbocycles. The molecule has 0 saturated heterocycles. The zero-order valence-electron chi connectivity index (χ0n) is 10.5. The van der Waals surface area contributed by atoms with Gasteiger partial charge in [-0.3, -0.25) is 14.9 Å². The molecule has 7 nitrogen and oxygen atoms in total. The third-order valence-corrected chi connectivity index (χ3v) is 2.67. The molecule has 1 amide bonds. The summed E-state index contributed by atoms with van der Waals surface area (Å²) in [4.78, 5) is 25.9. The number of nitrogens with one attached hydrogen (secondary N) is 1. The summed E-state index contributed by atoms with van der Waals surface area (Å²) < 4.78 is 14.8. The molecule has 0 spiro atoms. The van der Waals surface area contributed by atoms with Crippen molar-refractivity contribution >= 4 is 17.3 Å². The predicted octanol–water partition coefficient (Wildman–Crippen LogP) is 1.65. The Labute approximate surface area is 113 Å². The molecule has 0 unspecified atom stereocenters. The molecular weight excluding hydrogens is 267 g/mol. The van der Waals surface area contributed by atoms with Gasteiger partial charge in [0.05, 0.1) is 11.3 Å². The number of nitro benzene ring substituents is 1. The van der Waals surface area contributed by atoms with E-state index in [1.54, 1.807) is 17.8 Å². The molecule has 1 heterocycles. The Morgan fingerprint density at radius 2 is 2.30 bits per heavy atom. The fourth-order valence-electron chi connectivity index (χ4n) is 1.67. The number of aromatic nitrogens is 2. The van der Waals surface area contributed by atoms with Crippen LogP contribution in [0.25, 0.3) is 0 Å². The molecule has 0 atom stereocenters. The van der Waals surface area contributed by atoms with Crippen molar-refractivity contribution in [2.75, 3.05) is 5.32 Å². The summed E-state index contributed by atoms with van der Waals surface area (Å²) in [6, 6.07) is 2.88. The highest BCUT2D eigenvalue weighted by molar-refractivity contribution is 5.94. The van der Waals surface area contributed by atoms with Crippen LogP contribution in [-0.4, -0.2) is 20.4 Å². The Bertz CT molecular complexity index is 668. The highest BCUT2D eigenvalue weighted by Crippen LogP contribution is 2.24. The zero-order chi connectivity index (χ0) is 14.7. The lowest BCUT2D eigenvalue weighted by Gasteiger charge is -2.06. The van der Waals surface area contributed by atoms with Crippen molar-refractivity contribution in [2.45, 2.75) is 6.42 Å². The minimum atomic E-state index is -0.685. The van der Waals surface area contributed by atoms with Gasteiger partial charge in [0.15, 0.2) is 0 Å². The SMILES string of the molecule is Cn1ccnc1CC(=O)Nc1cc(F)ccc1[N+](=O)[O-]. The summed E-state index contributed by atoms with van der Waals surface area (Å²) in [5.41, 5.74) is -0.534. The highest BCUT2D eigenvalue weighted by atomic mass is 19.1. The van der Waals surface area contributed by atoms with Crippen molar-refractivity contribution in [3.8, 4) is 0 Å².